The van der Waals surface area contributed by atoms with Crippen LogP contribution in [0.1, 0.15) is 37.2 Å². The Balaban J connectivity index is 1.38. The molecule has 2 amide bonds. The number of thiazole rings is 1. The Kier molecular flexibility index (Phi) is 6.30. The van der Waals surface area contributed by atoms with Crippen molar-refractivity contribution in [1.82, 2.24) is 19.7 Å². The molecule has 2 saturated heterocycles. The number of para-hydroxylation sites is 1. The van der Waals surface area contributed by atoms with Gasteiger partial charge in [0, 0.05) is 26.2 Å². The number of piperidine rings is 1. The summed E-state index contributed by atoms with van der Waals surface area (Å²) in [6.45, 7) is 5.72. The van der Waals surface area contributed by atoms with Gasteiger partial charge in [-0.1, -0.05) is 18.6 Å². The van der Waals surface area contributed by atoms with Gasteiger partial charge in [0.2, 0.25) is 5.91 Å². The molecule has 1 aromatic heterocycles. The van der Waals surface area contributed by atoms with E-state index in [1.54, 1.807) is 23.2 Å². The van der Waals surface area contributed by atoms with Crippen molar-refractivity contribution in [2.75, 3.05) is 45.9 Å². The molecule has 2 aliphatic rings. The van der Waals surface area contributed by atoms with Crippen molar-refractivity contribution in [2.45, 2.75) is 32.2 Å². The lowest BCUT2D eigenvalue weighted by molar-refractivity contribution is -0.135. The number of rotatable bonds is 4. The number of hydrogen-bond donors (Lipinski definition) is 0. The summed E-state index contributed by atoms with van der Waals surface area (Å²) in [5, 5.41) is 1.12. The summed E-state index contributed by atoms with van der Waals surface area (Å²) in [7, 11) is 0. The van der Waals surface area contributed by atoms with Gasteiger partial charge in [0.15, 0.2) is 0 Å². The Morgan fingerprint density at radius 2 is 1.86 bits per heavy atom. The van der Waals surface area contributed by atoms with Gasteiger partial charge in [0.05, 0.1) is 29.4 Å². The molecule has 0 saturated carbocycles. The highest BCUT2D eigenvalue weighted by molar-refractivity contribution is 7.18. The fourth-order valence-corrected chi connectivity index (χ4v) is 5.26. The summed E-state index contributed by atoms with van der Waals surface area (Å²) in [6.07, 6.45) is 3.05. The lowest BCUT2D eigenvalue weighted by Gasteiger charge is -2.38. The van der Waals surface area contributed by atoms with Gasteiger partial charge in [0.1, 0.15) is 5.01 Å². The Morgan fingerprint density at radius 3 is 2.62 bits per heavy atom. The van der Waals surface area contributed by atoms with Crippen molar-refractivity contribution >= 4 is 33.6 Å². The fraction of sp³-hybridized carbons (Fsp3) is 0.571. The maximum Gasteiger partial charge on any atom is 0.409 e. The summed E-state index contributed by atoms with van der Waals surface area (Å²) in [5.74, 6) is 0.140. The highest BCUT2D eigenvalue weighted by Gasteiger charge is 2.31. The smallest absolute Gasteiger partial charge is 0.409 e. The number of carbonyl (C=O) groups is 2. The lowest BCUT2D eigenvalue weighted by atomic mass is 10.0. The van der Waals surface area contributed by atoms with Gasteiger partial charge in [0.25, 0.3) is 0 Å². The average Bonchev–Trinajstić information content (AvgIpc) is 3.18. The lowest BCUT2D eigenvalue weighted by Crippen LogP contribution is -2.53. The summed E-state index contributed by atoms with van der Waals surface area (Å²) in [6, 6.07) is 8.44. The number of carbonyl (C=O) groups excluding carboxylic acids is 2. The minimum atomic E-state index is -0.286. The number of likely N-dealkylation sites (tertiary alicyclic amines) is 1. The van der Waals surface area contributed by atoms with Crippen molar-refractivity contribution in [3.8, 4) is 0 Å². The number of hydrogen-bond acceptors (Lipinski definition) is 6. The Bertz CT molecular complexity index is 829. The van der Waals surface area contributed by atoms with Gasteiger partial charge < -0.3 is 14.5 Å². The van der Waals surface area contributed by atoms with E-state index in [1.807, 2.05) is 17.0 Å². The first-order valence-electron chi connectivity index (χ1n) is 10.4. The van der Waals surface area contributed by atoms with Crippen LogP contribution in [0.5, 0.6) is 0 Å². The summed E-state index contributed by atoms with van der Waals surface area (Å²) < 4.78 is 6.26. The highest BCUT2D eigenvalue weighted by Crippen LogP contribution is 2.35. The molecule has 156 valence electrons. The molecule has 4 rings (SSSR count). The van der Waals surface area contributed by atoms with Crippen LogP contribution in [0, 0.1) is 0 Å². The molecule has 2 fully saturated rings. The molecular formula is C21H28N4O3S. The summed E-state index contributed by atoms with van der Waals surface area (Å²) in [5.41, 5.74) is 1.04. The Morgan fingerprint density at radius 1 is 1.10 bits per heavy atom. The van der Waals surface area contributed by atoms with Gasteiger partial charge in [-0.2, -0.15) is 0 Å². The van der Waals surface area contributed by atoms with E-state index in [-0.39, 0.29) is 18.0 Å². The molecule has 0 radical (unpaired) electrons. The number of fused-ring (bicyclic) bond motifs is 1. The molecule has 1 atom stereocenters. The van der Waals surface area contributed by atoms with E-state index in [2.05, 4.69) is 17.0 Å². The van der Waals surface area contributed by atoms with E-state index >= 15 is 0 Å². The van der Waals surface area contributed by atoms with Gasteiger partial charge >= 0.3 is 6.09 Å². The second kappa shape index (κ2) is 9.09. The van der Waals surface area contributed by atoms with Gasteiger partial charge in [-0.3, -0.25) is 9.69 Å². The van der Waals surface area contributed by atoms with Crippen LogP contribution in [0.3, 0.4) is 0 Å². The average molecular weight is 417 g/mol. The van der Waals surface area contributed by atoms with Crippen LogP contribution in [-0.2, 0) is 9.53 Å². The largest absolute Gasteiger partial charge is 0.450 e. The topological polar surface area (TPSA) is 66.0 Å². The molecule has 7 nitrogen and oxygen atoms in total. The van der Waals surface area contributed by atoms with E-state index in [4.69, 9.17) is 9.72 Å². The van der Waals surface area contributed by atoms with Crippen LogP contribution in [0.2, 0.25) is 0 Å². The zero-order valence-corrected chi connectivity index (χ0v) is 17.7. The molecule has 0 unspecified atom stereocenters. The maximum absolute atomic E-state index is 13.0. The molecule has 2 aliphatic heterocycles. The number of nitrogens with zero attached hydrogens (tertiary/aromatic N) is 4. The second-order valence-corrected chi connectivity index (χ2v) is 8.63. The van der Waals surface area contributed by atoms with Gasteiger partial charge in [-0.05, 0) is 38.4 Å². The van der Waals surface area contributed by atoms with Crippen molar-refractivity contribution in [1.29, 1.82) is 0 Å². The number of aromatic nitrogens is 1. The van der Waals surface area contributed by atoms with Crippen LogP contribution >= 0.6 is 11.3 Å². The van der Waals surface area contributed by atoms with Crippen molar-refractivity contribution in [3.63, 3.8) is 0 Å². The number of piperazine rings is 1. The maximum atomic E-state index is 13.0. The second-order valence-electron chi connectivity index (χ2n) is 7.57. The van der Waals surface area contributed by atoms with E-state index in [0.717, 1.165) is 29.9 Å². The van der Waals surface area contributed by atoms with Crippen LogP contribution in [-0.4, -0.2) is 77.6 Å². The minimum absolute atomic E-state index is 0.140. The fourth-order valence-electron chi connectivity index (χ4n) is 4.12. The molecule has 29 heavy (non-hydrogen) atoms. The van der Waals surface area contributed by atoms with Crippen LogP contribution in [0.4, 0.5) is 4.79 Å². The number of benzene rings is 1. The predicted molar refractivity (Wildman–Crippen MR) is 113 cm³/mol. The normalized spacial score (nSPS) is 20.8. The predicted octanol–water partition coefficient (Wildman–Crippen LogP) is 3.12. The Hall–Kier alpha value is -2.19. The monoisotopic (exact) mass is 416 g/mol. The number of ether oxygens (including phenoxy) is 1. The quantitative estimate of drug-likeness (QED) is 0.766. The third-order valence-electron chi connectivity index (χ3n) is 5.71. The van der Waals surface area contributed by atoms with Crippen molar-refractivity contribution in [2.24, 2.45) is 0 Å². The summed E-state index contributed by atoms with van der Waals surface area (Å²) in [4.78, 5) is 35.5. The zero-order valence-electron chi connectivity index (χ0n) is 16.9. The molecule has 2 aromatic rings. The third-order valence-corrected chi connectivity index (χ3v) is 6.84. The molecule has 1 aromatic carbocycles. The highest BCUT2D eigenvalue weighted by atomic mass is 32.1. The first-order chi connectivity index (χ1) is 14.2. The van der Waals surface area contributed by atoms with Crippen molar-refractivity contribution in [3.05, 3.63) is 29.3 Å². The van der Waals surface area contributed by atoms with E-state index in [0.29, 0.717) is 39.3 Å². The molecule has 0 aliphatic carbocycles. The zero-order chi connectivity index (χ0) is 20.2. The van der Waals surface area contributed by atoms with Crippen LogP contribution in [0.25, 0.3) is 10.2 Å². The van der Waals surface area contributed by atoms with E-state index in [1.165, 1.54) is 11.1 Å². The van der Waals surface area contributed by atoms with Crippen LogP contribution < -0.4 is 0 Å². The van der Waals surface area contributed by atoms with Gasteiger partial charge in [-0.15, -0.1) is 11.3 Å². The first kappa shape index (κ1) is 20.1. The first-order valence-corrected chi connectivity index (χ1v) is 11.3. The molecule has 3 heterocycles. The van der Waals surface area contributed by atoms with Crippen molar-refractivity contribution < 1.29 is 14.3 Å². The molecule has 0 spiro atoms. The van der Waals surface area contributed by atoms with Crippen LogP contribution in [0.15, 0.2) is 24.3 Å². The molecule has 8 heteroatoms. The van der Waals surface area contributed by atoms with E-state index < -0.39 is 0 Å². The summed E-state index contributed by atoms with van der Waals surface area (Å²) >= 11 is 1.74. The third kappa shape index (κ3) is 4.53. The minimum Gasteiger partial charge on any atom is -0.450 e. The SMILES string of the molecule is CCOC(=O)N1CCN(C(=O)CN2CCCC[C@@H]2c2nc3ccccc3s2)CC1. The molecular weight excluding hydrogens is 388 g/mol. The Labute approximate surface area is 175 Å². The van der Waals surface area contributed by atoms with Gasteiger partial charge in [-0.25, -0.2) is 9.78 Å². The standard InChI is InChI=1S/C21H28N4O3S/c1-2-28-21(27)24-13-11-23(12-14-24)19(26)15-25-10-6-5-8-17(25)20-22-16-7-3-4-9-18(16)29-20/h3-4,7,9,17H,2,5-6,8,10-15H2,1H3/t17-/m1/s1. The number of amides is 2. The molecule has 0 N–H and O–H groups in total. The molecule has 0 bridgehead atoms. The van der Waals surface area contributed by atoms with E-state index in [9.17, 15) is 9.59 Å².